The Kier molecular flexibility index (Phi) is 3.78. The van der Waals surface area contributed by atoms with E-state index >= 15 is 0 Å². The fourth-order valence-corrected chi connectivity index (χ4v) is 0.719. The van der Waals surface area contributed by atoms with E-state index in [0.717, 1.165) is 5.69 Å². The number of aromatic amines is 1. The van der Waals surface area contributed by atoms with Crippen molar-refractivity contribution < 1.29 is 4.79 Å². The van der Waals surface area contributed by atoms with Crippen molar-refractivity contribution in [3.63, 3.8) is 0 Å². The van der Waals surface area contributed by atoms with Crippen molar-refractivity contribution in [2.24, 2.45) is 5.73 Å². The van der Waals surface area contributed by atoms with E-state index in [4.69, 9.17) is 11.5 Å². The monoisotopic (exact) mass is 206 g/mol. The predicted molar refractivity (Wildman–Crippen MR) is 53.6 cm³/mol. The molecule has 0 fully saturated rings. The minimum Gasteiger partial charge on any atom is -0.399 e. The van der Waals surface area contributed by atoms with E-state index in [0.29, 0.717) is 0 Å². The Labute approximate surface area is 85.5 Å². The van der Waals surface area contributed by atoms with Gasteiger partial charge in [-0.05, 0) is 17.3 Å². The summed E-state index contributed by atoms with van der Waals surface area (Å²) in [6.45, 7) is 0. The molecule has 1 heterocycles. The molecular formula is C8H10N6O. The topological polar surface area (TPSA) is 124 Å². The molecule has 0 aliphatic rings. The molecule has 1 aromatic heterocycles. The van der Waals surface area contributed by atoms with Crippen LogP contribution in [0.25, 0.3) is 0 Å². The largest absolute Gasteiger partial charge is 0.399 e. The highest BCUT2D eigenvalue weighted by Crippen LogP contribution is 1.95. The van der Waals surface area contributed by atoms with Gasteiger partial charge in [-0.15, -0.1) is 10.2 Å². The molecule has 0 bridgehead atoms. The van der Waals surface area contributed by atoms with Gasteiger partial charge in [-0.2, -0.15) is 5.21 Å². The number of tetrazole rings is 1. The third kappa shape index (κ3) is 3.85. The van der Waals surface area contributed by atoms with Crippen LogP contribution in [-0.4, -0.2) is 26.5 Å². The van der Waals surface area contributed by atoms with Crippen LogP contribution in [0.3, 0.4) is 0 Å². The Morgan fingerprint density at radius 1 is 1.27 bits per heavy atom. The third-order valence-corrected chi connectivity index (χ3v) is 1.37. The number of rotatable bonds is 1. The molecule has 5 N–H and O–H groups in total. The van der Waals surface area contributed by atoms with Gasteiger partial charge in [0.05, 0.1) is 0 Å². The van der Waals surface area contributed by atoms with Crippen LogP contribution in [0, 0.1) is 0 Å². The summed E-state index contributed by atoms with van der Waals surface area (Å²) in [4.78, 5) is 10.1. The normalized spacial score (nSPS) is 8.80. The second kappa shape index (κ2) is 5.32. The molecule has 2 rings (SSSR count). The molecular weight excluding hydrogens is 196 g/mol. The Hall–Kier alpha value is -2.44. The zero-order valence-corrected chi connectivity index (χ0v) is 7.79. The number of carbonyl (C=O) groups is 1. The number of nitrogens with zero attached hydrogens (tertiary/aromatic N) is 3. The number of para-hydroxylation sites is 1. The minimum absolute atomic E-state index is 0.0926. The smallest absolute Gasteiger partial charge is 0.290 e. The SMILES string of the molecule is NC(=O)c1nn[nH]n1.Nc1ccccc1. The average molecular weight is 206 g/mol. The molecule has 1 aromatic carbocycles. The van der Waals surface area contributed by atoms with E-state index in [1.807, 2.05) is 30.3 Å². The molecule has 0 atom stereocenters. The highest BCUT2D eigenvalue weighted by molar-refractivity contribution is 5.88. The number of aromatic nitrogens is 4. The molecule has 78 valence electrons. The zero-order valence-electron chi connectivity index (χ0n) is 7.79. The van der Waals surface area contributed by atoms with Crippen LogP contribution in [-0.2, 0) is 0 Å². The second-order valence-electron chi connectivity index (χ2n) is 2.51. The van der Waals surface area contributed by atoms with E-state index in [9.17, 15) is 4.79 Å². The van der Waals surface area contributed by atoms with Crippen LogP contribution < -0.4 is 11.5 Å². The quantitative estimate of drug-likeness (QED) is 0.546. The lowest BCUT2D eigenvalue weighted by molar-refractivity contribution is 0.0990. The first-order valence-corrected chi connectivity index (χ1v) is 4.04. The number of hydrogen-bond donors (Lipinski definition) is 3. The molecule has 0 aliphatic heterocycles. The number of carbonyl (C=O) groups excluding carboxylic acids is 1. The van der Waals surface area contributed by atoms with Crippen molar-refractivity contribution in [3.8, 4) is 0 Å². The number of primary amides is 1. The van der Waals surface area contributed by atoms with Gasteiger partial charge in [-0.25, -0.2) is 0 Å². The number of hydrogen-bond acceptors (Lipinski definition) is 5. The van der Waals surface area contributed by atoms with Gasteiger partial charge in [0.15, 0.2) is 0 Å². The number of amides is 1. The molecule has 0 radical (unpaired) electrons. The van der Waals surface area contributed by atoms with Crippen LogP contribution in [0.1, 0.15) is 10.6 Å². The number of anilines is 1. The Bertz CT molecular complexity index is 398. The first kappa shape index (κ1) is 10.6. The van der Waals surface area contributed by atoms with Gasteiger partial charge in [-0.1, -0.05) is 18.2 Å². The lowest BCUT2D eigenvalue weighted by Gasteiger charge is -1.83. The summed E-state index contributed by atoms with van der Waals surface area (Å²) in [7, 11) is 0. The van der Waals surface area contributed by atoms with Crippen LogP contribution in [0.4, 0.5) is 5.69 Å². The summed E-state index contributed by atoms with van der Waals surface area (Å²) in [5, 5.41) is 11.8. The van der Waals surface area contributed by atoms with Crippen LogP contribution in [0.2, 0.25) is 0 Å². The van der Waals surface area contributed by atoms with Gasteiger partial charge in [0.25, 0.3) is 11.7 Å². The fourth-order valence-electron chi connectivity index (χ4n) is 0.719. The van der Waals surface area contributed by atoms with Crippen molar-refractivity contribution in [2.75, 3.05) is 5.73 Å². The zero-order chi connectivity index (χ0) is 11.1. The molecule has 0 aliphatic carbocycles. The molecule has 0 spiro atoms. The van der Waals surface area contributed by atoms with Crippen LogP contribution in [0.5, 0.6) is 0 Å². The van der Waals surface area contributed by atoms with Gasteiger partial charge < -0.3 is 11.5 Å². The molecule has 0 unspecified atom stereocenters. The lowest BCUT2D eigenvalue weighted by atomic mass is 10.3. The first-order chi connectivity index (χ1) is 7.20. The van der Waals surface area contributed by atoms with Crippen molar-refractivity contribution in [3.05, 3.63) is 36.2 Å². The number of nitrogen functional groups attached to an aromatic ring is 1. The summed E-state index contributed by atoms with van der Waals surface area (Å²) < 4.78 is 0. The fraction of sp³-hybridized carbons (Fsp3) is 0. The second-order valence-corrected chi connectivity index (χ2v) is 2.51. The van der Waals surface area contributed by atoms with Gasteiger partial charge in [0.1, 0.15) is 0 Å². The maximum Gasteiger partial charge on any atom is 0.290 e. The molecule has 1 amide bonds. The lowest BCUT2D eigenvalue weighted by Crippen LogP contribution is -2.12. The predicted octanol–water partition coefficient (Wildman–Crippen LogP) is -0.433. The van der Waals surface area contributed by atoms with Gasteiger partial charge in [-0.3, -0.25) is 4.79 Å². The van der Waals surface area contributed by atoms with E-state index in [1.54, 1.807) is 0 Å². The van der Waals surface area contributed by atoms with Crippen LogP contribution >= 0.6 is 0 Å². The minimum atomic E-state index is -0.682. The van der Waals surface area contributed by atoms with Crippen LogP contribution in [0.15, 0.2) is 30.3 Å². The summed E-state index contributed by atoms with van der Waals surface area (Å²) >= 11 is 0. The third-order valence-electron chi connectivity index (χ3n) is 1.37. The van der Waals surface area contributed by atoms with E-state index in [2.05, 4.69) is 20.6 Å². The standard InChI is InChI=1S/C6H7N.C2H3N5O/c7-6-4-2-1-3-5-6;3-1(8)2-4-6-7-5-2/h1-5H,7H2;(H2,3,8)(H,4,5,6,7). The summed E-state index contributed by atoms with van der Waals surface area (Å²) in [6.07, 6.45) is 0. The van der Waals surface area contributed by atoms with Gasteiger partial charge >= 0.3 is 0 Å². The van der Waals surface area contributed by atoms with Crippen molar-refractivity contribution in [1.29, 1.82) is 0 Å². The Morgan fingerprint density at radius 3 is 2.20 bits per heavy atom. The number of nitrogens with one attached hydrogen (secondary N) is 1. The maximum atomic E-state index is 10.1. The van der Waals surface area contributed by atoms with Crippen molar-refractivity contribution >= 4 is 11.6 Å². The van der Waals surface area contributed by atoms with Gasteiger partial charge in [0, 0.05) is 5.69 Å². The maximum absolute atomic E-state index is 10.1. The first-order valence-electron chi connectivity index (χ1n) is 4.04. The summed E-state index contributed by atoms with van der Waals surface area (Å²) in [5.41, 5.74) is 10.9. The molecule has 0 saturated carbocycles. The molecule has 15 heavy (non-hydrogen) atoms. The van der Waals surface area contributed by atoms with Gasteiger partial charge in [0.2, 0.25) is 0 Å². The molecule has 7 heteroatoms. The average Bonchev–Trinajstić information content (AvgIpc) is 2.72. The van der Waals surface area contributed by atoms with E-state index < -0.39 is 5.91 Å². The number of H-pyrrole nitrogens is 1. The van der Waals surface area contributed by atoms with Crippen molar-refractivity contribution in [2.45, 2.75) is 0 Å². The van der Waals surface area contributed by atoms with Crippen molar-refractivity contribution in [1.82, 2.24) is 20.6 Å². The Morgan fingerprint density at radius 2 is 1.93 bits per heavy atom. The summed E-state index contributed by atoms with van der Waals surface area (Å²) in [5.74, 6) is -0.774. The van der Waals surface area contributed by atoms with E-state index in [-0.39, 0.29) is 5.82 Å². The summed E-state index contributed by atoms with van der Waals surface area (Å²) in [6, 6.07) is 9.49. The number of nitrogens with two attached hydrogens (primary N) is 2. The molecule has 7 nitrogen and oxygen atoms in total. The molecule has 0 saturated heterocycles. The van der Waals surface area contributed by atoms with E-state index in [1.165, 1.54) is 0 Å². The Balaban J connectivity index is 0.000000151. The number of benzene rings is 1. The highest BCUT2D eigenvalue weighted by atomic mass is 16.1. The molecule has 2 aromatic rings. The highest BCUT2D eigenvalue weighted by Gasteiger charge is 2.01.